The topological polar surface area (TPSA) is 64.9 Å². The smallest absolute Gasteiger partial charge is 0.258 e. The van der Waals surface area contributed by atoms with E-state index in [-0.39, 0.29) is 5.82 Å². The highest BCUT2D eigenvalue weighted by molar-refractivity contribution is 5.54. The fraction of sp³-hybridized carbons (Fsp3) is 0.429. The van der Waals surface area contributed by atoms with Crippen LogP contribution in [0.15, 0.2) is 22.7 Å². The molecule has 0 aliphatic heterocycles. The van der Waals surface area contributed by atoms with E-state index in [0.29, 0.717) is 17.3 Å². The lowest BCUT2D eigenvalue weighted by atomic mass is 9.98. The Hall–Kier alpha value is -1.75. The largest absolute Gasteiger partial charge is 0.334 e. The maximum atomic E-state index is 13.4. The Morgan fingerprint density at radius 1 is 1.26 bits per heavy atom. The van der Waals surface area contributed by atoms with Gasteiger partial charge in [-0.05, 0) is 43.5 Å². The summed E-state index contributed by atoms with van der Waals surface area (Å²) >= 11 is 0. The molecule has 19 heavy (non-hydrogen) atoms. The molecule has 0 bridgehead atoms. The lowest BCUT2D eigenvalue weighted by molar-refractivity contribution is 0.372. The molecule has 1 aliphatic carbocycles. The molecule has 0 amide bonds. The van der Waals surface area contributed by atoms with Crippen LogP contribution in [0.2, 0.25) is 0 Å². The van der Waals surface area contributed by atoms with Gasteiger partial charge in [0, 0.05) is 5.56 Å². The van der Waals surface area contributed by atoms with Gasteiger partial charge in [0.1, 0.15) is 5.82 Å². The van der Waals surface area contributed by atoms with Crippen LogP contribution in [0, 0.1) is 12.7 Å². The first-order chi connectivity index (χ1) is 9.07. The zero-order chi connectivity index (χ0) is 13.5. The molecular formula is C14H16FN3O. The Labute approximate surface area is 110 Å². The molecule has 0 atom stereocenters. The molecule has 0 saturated heterocycles. The van der Waals surface area contributed by atoms with Gasteiger partial charge in [-0.1, -0.05) is 18.0 Å². The van der Waals surface area contributed by atoms with E-state index in [1.807, 2.05) is 13.0 Å². The molecular weight excluding hydrogens is 245 g/mol. The predicted octanol–water partition coefficient (Wildman–Crippen LogP) is 2.91. The SMILES string of the molecule is Cc1cc(F)cc(-c2nc(C3(N)CCCC3)no2)c1. The van der Waals surface area contributed by atoms with E-state index in [4.69, 9.17) is 10.3 Å². The van der Waals surface area contributed by atoms with E-state index in [0.717, 1.165) is 31.2 Å². The molecule has 1 aromatic heterocycles. The summed E-state index contributed by atoms with van der Waals surface area (Å²) in [5, 5.41) is 3.97. The normalized spacial score (nSPS) is 17.8. The van der Waals surface area contributed by atoms with Crippen molar-refractivity contribution in [2.45, 2.75) is 38.1 Å². The number of hydrogen-bond acceptors (Lipinski definition) is 4. The Kier molecular flexibility index (Phi) is 2.86. The summed E-state index contributed by atoms with van der Waals surface area (Å²) in [5.41, 5.74) is 7.20. The van der Waals surface area contributed by atoms with Crippen LogP contribution >= 0.6 is 0 Å². The van der Waals surface area contributed by atoms with Crippen LogP contribution in [0.1, 0.15) is 37.1 Å². The molecule has 2 N–H and O–H groups in total. The predicted molar refractivity (Wildman–Crippen MR) is 68.8 cm³/mol. The molecule has 1 heterocycles. The van der Waals surface area contributed by atoms with Gasteiger partial charge >= 0.3 is 0 Å². The standard InChI is InChI=1S/C14H16FN3O/c1-9-6-10(8-11(15)7-9)12-17-13(18-19-12)14(16)4-2-3-5-14/h6-8H,2-5,16H2,1H3. The monoisotopic (exact) mass is 261 g/mol. The first kappa shape index (κ1) is 12.3. The van der Waals surface area contributed by atoms with Gasteiger partial charge in [-0.25, -0.2) is 4.39 Å². The number of rotatable bonds is 2. The minimum absolute atomic E-state index is 0.307. The van der Waals surface area contributed by atoms with Crippen molar-refractivity contribution in [3.8, 4) is 11.5 Å². The summed E-state index contributed by atoms with van der Waals surface area (Å²) in [7, 11) is 0. The number of hydrogen-bond donors (Lipinski definition) is 1. The molecule has 100 valence electrons. The average Bonchev–Trinajstić information content (AvgIpc) is 2.96. The van der Waals surface area contributed by atoms with Gasteiger partial charge in [-0.3, -0.25) is 0 Å². The molecule has 0 unspecified atom stereocenters. The fourth-order valence-corrected chi connectivity index (χ4v) is 2.63. The quantitative estimate of drug-likeness (QED) is 0.902. The average molecular weight is 261 g/mol. The van der Waals surface area contributed by atoms with Crippen LogP contribution in [0.5, 0.6) is 0 Å². The fourth-order valence-electron chi connectivity index (χ4n) is 2.63. The zero-order valence-corrected chi connectivity index (χ0v) is 10.8. The van der Waals surface area contributed by atoms with Crippen molar-refractivity contribution in [1.29, 1.82) is 0 Å². The molecule has 1 aliphatic rings. The molecule has 0 radical (unpaired) electrons. The Bertz CT molecular complexity index is 582. The highest BCUT2D eigenvalue weighted by atomic mass is 19.1. The first-order valence-corrected chi connectivity index (χ1v) is 6.47. The lowest BCUT2D eigenvalue weighted by Gasteiger charge is -2.17. The third kappa shape index (κ3) is 2.26. The summed E-state index contributed by atoms with van der Waals surface area (Å²) in [6.07, 6.45) is 3.90. The minimum Gasteiger partial charge on any atom is -0.334 e. The number of nitrogens with zero attached hydrogens (tertiary/aromatic N) is 2. The third-order valence-corrected chi connectivity index (χ3v) is 3.66. The minimum atomic E-state index is -0.482. The van der Waals surface area contributed by atoms with Crippen molar-refractivity contribution in [1.82, 2.24) is 10.1 Å². The summed E-state index contributed by atoms with van der Waals surface area (Å²) in [6.45, 7) is 1.82. The lowest BCUT2D eigenvalue weighted by Crippen LogP contribution is -2.34. The number of benzene rings is 1. The van der Waals surface area contributed by atoms with Crippen molar-refractivity contribution in [3.05, 3.63) is 35.4 Å². The zero-order valence-electron chi connectivity index (χ0n) is 10.8. The van der Waals surface area contributed by atoms with E-state index < -0.39 is 5.54 Å². The maximum absolute atomic E-state index is 13.4. The van der Waals surface area contributed by atoms with Gasteiger partial charge in [-0.15, -0.1) is 0 Å². The van der Waals surface area contributed by atoms with Crippen molar-refractivity contribution in [2.24, 2.45) is 5.73 Å². The van der Waals surface area contributed by atoms with Crippen LogP contribution < -0.4 is 5.73 Å². The van der Waals surface area contributed by atoms with Crippen LogP contribution in [0.3, 0.4) is 0 Å². The molecule has 5 heteroatoms. The van der Waals surface area contributed by atoms with E-state index in [1.54, 1.807) is 0 Å². The second kappa shape index (κ2) is 4.42. The highest BCUT2D eigenvalue weighted by Crippen LogP contribution is 2.35. The third-order valence-electron chi connectivity index (χ3n) is 3.66. The van der Waals surface area contributed by atoms with Crippen molar-refractivity contribution >= 4 is 0 Å². The Morgan fingerprint density at radius 3 is 2.68 bits per heavy atom. The van der Waals surface area contributed by atoms with E-state index in [1.165, 1.54) is 12.1 Å². The van der Waals surface area contributed by atoms with E-state index in [2.05, 4.69) is 10.1 Å². The number of aryl methyl sites for hydroxylation is 1. The summed E-state index contributed by atoms with van der Waals surface area (Å²) < 4.78 is 18.6. The van der Waals surface area contributed by atoms with Crippen LogP contribution in [0.25, 0.3) is 11.5 Å². The molecule has 1 aromatic carbocycles. The van der Waals surface area contributed by atoms with Crippen LogP contribution in [-0.2, 0) is 5.54 Å². The van der Waals surface area contributed by atoms with Crippen molar-refractivity contribution < 1.29 is 8.91 Å². The van der Waals surface area contributed by atoms with E-state index >= 15 is 0 Å². The number of nitrogens with two attached hydrogens (primary N) is 1. The number of halogens is 1. The van der Waals surface area contributed by atoms with Crippen molar-refractivity contribution in [3.63, 3.8) is 0 Å². The molecule has 3 rings (SSSR count). The number of aromatic nitrogens is 2. The van der Waals surface area contributed by atoms with Gasteiger partial charge in [-0.2, -0.15) is 4.98 Å². The second-order valence-corrected chi connectivity index (χ2v) is 5.30. The van der Waals surface area contributed by atoms with Gasteiger partial charge in [0.05, 0.1) is 5.54 Å². The van der Waals surface area contributed by atoms with Gasteiger partial charge in [0.25, 0.3) is 5.89 Å². The van der Waals surface area contributed by atoms with Crippen LogP contribution in [-0.4, -0.2) is 10.1 Å². The van der Waals surface area contributed by atoms with Gasteiger partial charge < -0.3 is 10.3 Å². The second-order valence-electron chi connectivity index (χ2n) is 5.30. The Morgan fingerprint density at radius 2 is 2.00 bits per heavy atom. The summed E-state index contributed by atoms with van der Waals surface area (Å²) in [4.78, 5) is 4.35. The van der Waals surface area contributed by atoms with Gasteiger partial charge in [0.2, 0.25) is 0 Å². The first-order valence-electron chi connectivity index (χ1n) is 6.47. The molecule has 1 fully saturated rings. The molecule has 4 nitrogen and oxygen atoms in total. The van der Waals surface area contributed by atoms with Crippen molar-refractivity contribution in [2.75, 3.05) is 0 Å². The highest BCUT2D eigenvalue weighted by Gasteiger charge is 2.36. The Balaban J connectivity index is 1.96. The van der Waals surface area contributed by atoms with E-state index in [9.17, 15) is 4.39 Å². The maximum Gasteiger partial charge on any atom is 0.258 e. The van der Waals surface area contributed by atoms with Gasteiger partial charge in [0.15, 0.2) is 5.82 Å². The molecule has 0 spiro atoms. The summed E-state index contributed by atoms with van der Waals surface area (Å²) in [6, 6.07) is 4.67. The summed E-state index contributed by atoms with van der Waals surface area (Å²) in [5.74, 6) is 0.550. The van der Waals surface area contributed by atoms with Crippen LogP contribution in [0.4, 0.5) is 4.39 Å². The molecule has 2 aromatic rings. The molecule has 1 saturated carbocycles.